The third-order valence-corrected chi connectivity index (χ3v) is 3.73. The highest BCUT2D eigenvalue weighted by Gasteiger charge is 2.18. The summed E-state index contributed by atoms with van der Waals surface area (Å²) in [5, 5.41) is 0.840. The van der Waals surface area contributed by atoms with Crippen molar-refractivity contribution >= 4 is 15.9 Å². The van der Waals surface area contributed by atoms with Gasteiger partial charge in [0.2, 0.25) is 0 Å². The fourth-order valence-electron chi connectivity index (χ4n) is 1.78. The number of benzene rings is 1. The lowest BCUT2D eigenvalue weighted by molar-refractivity contribution is 0.176. The van der Waals surface area contributed by atoms with Crippen molar-refractivity contribution in [3.05, 3.63) is 23.8 Å². The van der Waals surface area contributed by atoms with E-state index in [9.17, 15) is 0 Å². The Morgan fingerprint density at radius 3 is 2.69 bits per heavy atom. The fourth-order valence-corrected chi connectivity index (χ4v) is 2.13. The van der Waals surface area contributed by atoms with Crippen LogP contribution in [0.5, 0.6) is 11.5 Å². The highest BCUT2D eigenvalue weighted by atomic mass is 79.9. The van der Waals surface area contributed by atoms with E-state index in [2.05, 4.69) is 22.0 Å². The summed E-state index contributed by atoms with van der Waals surface area (Å²) >= 11 is 3.43. The van der Waals surface area contributed by atoms with Crippen LogP contribution in [0, 0.1) is 5.92 Å². The molecule has 1 aromatic carbocycles. The Morgan fingerprint density at radius 2 is 2.12 bits per heavy atom. The van der Waals surface area contributed by atoms with Gasteiger partial charge in [-0.2, -0.15) is 0 Å². The Labute approximate surface area is 105 Å². The summed E-state index contributed by atoms with van der Waals surface area (Å²) in [5.41, 5.74) is 1.20. The molecule has 0 aliphatic heterocycles. The molecule has 1 aromatic rings. The average molecular weight is 285 g/mol. The lowest BCUT2D eigenvalue weighted by Crippen LogP contribution is -2.19. The summed E-state index contributed by atoms with van der Waals surface area (Å²) in [6.45, 7) is 0.823. The van der Waals surface area contributed by atoms with Crippen molar-refractivity contribution in [1.82, 2.24) is 0 Å². The van der Waals surface area contributed by atoms with Crippen LogP contribution in [0.1, 0.15) is 24.8 Å². The van der Waals surface area contributed by atoms with Gasteiger partial charge in [0.05, 0.1) is 13.7 Å². The molecule has 1 fully saturated rings. The molecule has 0 N–H and O–H groups in total. The van der Waals surface area contributed by atoms with E-state index >= 15 is 0 Å². The smallest absolute Gasteiger partial charge is 0.161 e. The molecule has 0 bridgehead atoms. The molecule has 0 aromatic heterocycles. The van der Waals surface area contributed by atoms with Crippen molar-refractivity contribution in [1.29, 1.82) is 0 Å². The van der Waals surface area contributed by atoms with Gasteiger partial charge in [0.1, 0.15) is 0 Å². The average Bonchev–Trinajstić information content (AvgIpc) is 2.27. The molecule has 0 amide bonds. The second-order valence-corrected chi connectivity index (χ2v) is 4.79. The molecular weight excluding hydrogens is 268 g/mol. The Bertz CT molecular complexity index is 348. The highest BCUT2D eigenvalue weighted by molar-refractivity contribution is 9.08. The number of halogens is 1. The number of rotatable bonds is 5. The number of hydrogen-bond donors (Lipinski definition) is 0. The summed E-state index contributed by atoms with van der Waals surface area (Å²) < 4.78 is 11.1. The molecule has 2 nitrogen and oxygen atoms in total. The minimum Gasteiger partial charge on any atom is -0.493 e. The lowest BCUT2D eigenvalue weighted by atomic mass is 9.86. The standard InChI is InChI=1S/C13H17BrO2/c1-15-13-7-11(8-14)5-6-12(13)16-9-10-3-2-4-10/h5-7,10H,2-4,8-9H2,1H3. The van der Waals surface area contributed by atoms with Crippen LogP contribution in [0.3, 0.4) is 0 Å². The van der Waals surface area contributed by atoms with Crippen LogP contribution in [0.2, 0.25) is 0 Å². The summed E-state index contributed by atoms with van der Waals surface area (Å²) in [6, 6.07) is 6.08. The van der Waals surface area contributed by atoms with Gasteiger partial charge in [0.15, 0.2) is 11.5 Å². The molecule has 1 aliphatic rings. The van der Waals surface area contributed by atoms with Crippen LogP contribution in [-0.2, 0) is 5.33 Å². The SMILES string of the molecule is COc1cc(CBr)ccc1OCC1CCC1. The second-order valence-electron chi connectivity index (χ2n) is 4.23. The van der Waals surface area contributed by atoms with Gasteiger partial charge in [0, 0.05) is 5.33 Å². The molecule has 1 saturated carbocycles. The minimum absolute atomic E-state index is 0.751. The molecule has 0 unspecified atom stereocenters. The number of hydrogen-bond acceptors (Lipinski definition) is 2. The molecule has 0 spiro atoms. The maximum atomic E-state index is 5.79. The van der Waals surface area contributed by atoms with Gasteiger partial charge in [-0.1, -0.05) is 28.4 Å². The van der Waals surface area contributed by atoms with Gasteiger partial charge in [-0.05, 0) is 36.5 Å². The van der Waals surface area contributed by atoms with E-state index in [0.717, 1.165) is 29.4 Å². The van der Waals surface area contributed by atoms with Crippen molar-refractivity contribution in [2.75, 3.05) is 13.7 Å². The van der Waals surface area contributed by atoms with Crippen LogP contribution in [0.15, 0.2) is 18.2 Å². The zero-order chi connectivity index (χ0) is 11.4. The van der Waals surface area contributed by atoms with E-state index in [0.29, 0.717) is 0 Å². The molecule has 0 saturated heterocycles. The molecule has 1 aliphatic carbocycles. The minimum atomic E-state index is 0.751. The van der Waals surface area contributed by atoms with Gasteiger partial charge in [-0.15, -0.1) is 0 Å². The summed E-state index contributed by atoms with van der Waals surface area (Å²) in [5.74, 6) is 2.44. The van der Waals surface area contributed by atoms with Crippen LogP contribution >= 0.6 is 15.9 Å². The molecule has 88 valence electrons. The summed E-state index contributed by atoms with van der Waals surface area (Å²) in [7, 11) is 1.68. The molecule has 3 heteroatoms. The third-order valence-electron chi connectivity index (χ3n) is 3.08. The maximum Gasteiger partial charge on any atom is 0.161 e. The van der Waals surface area contributed by atoms with Gasteiger partial charge < -0.3 is 9.47 Å². The Morgan fingerprint density at radius 1 is 1.31 bits per heavy atom. The van der Waals surface area contributed by atoms with E-state index in [1.54, 1.807) is 7.11 Å². The first-order valence-corrected chi connectivity index (χ1v) is 6.81. The maximum absolute atomic E-state index is 5.79. The molecule has 16 heavy (non-hydrogen) atoms. The number of alkyl halides is 1. The van der Waals surface area contributed by atoms with Crippen molar-refractivity contribution in [3.8, 4) is 11.5 Å². The lowest BCUT2D eigenvalue weighted by Gasteiger charge is -2.25. The molecule has 2 rings (SSSR count). The van der Waals surface area contributed by atoms with Crippen LogP contribution < -0.4 is 9.47 Å². The number of ether oxygens (including phenoxy) is 2. The molecular formula is C13H17BrO2. The Hall–Kier alpha value is -0.700. The Balaban J connectivity index is 2.00. The quantitative estimate of drug-likeness (QED) is 0.767. The van der Waals surface area contributed by atoms with Crippen molar-refractivity contribution in [3.63, 3.8) is 0 Å². The van der Waals surface area contributed by atoms with Crippen molar-refractivity contribution in [2.24, 2.45) is 5.92 Å². The van der Waals surface area contributed by atoms with Gasteiger partial charge >= 0.3 is 0 Å². The fraction of sp³-hybridized carbons (Fsp3) is 0.538. The van der Waals surface area contributed by atoms with Gasteiger partial charge in [0.25, 0.3) is 0 Å². The predicted octanol–water partition coefficient (Wildman–Crippen LogP) is 3.77. The number of methoxy groups -OCH3 is 1. The first-order valence-electron chi connectivity index (χ1n) is 5.69. The predicted molar refractivity (Wildman–Crippen MR) is 68.5 cm³/mol. The van der Waals surface area contributed by atoms with Crippen LogP contribution in [0.25, 0.3) is 0 Å². The van der Waals surface area contributed by atoms with Gasteiger partial charge in [-0.3, -0.25) is 0 Å². The topological polar surface area (TPSA) is 18.5 Å². The van der Waals surface area contributed by atoms with E-state index in [1.807, 2.05) is 12.1 Å². The molecule has 0 atom stereocenters. The van der Waals surface area contributed by atoms with Crippen molar-refractivity contribution < 1.29 is 9.47 Å². The first-order chi connectivity index (χ1) is 7.83. The normalized spacial score (nSPS) is 15.6. The second kappa shape index (κ2) is 5.58. The zero-order valence-corrected chi connectivity index (χ0v) is 11.1. The van der Waals surface area contributed by atoms with E-state index in [1.165, 1.54) is 24.8 Å². The molecule has 0 radical (unpaired) electrons. The van der Waals surface area contributed by atoms with E-state index in [-0.39, 0.29) is 0 Å². The summed E-state index contributed by atoms with van der Waals surface area (Å²) in [4.78, 5) is 0. The monoisotopic (exact) mass is 284 g/mol. The van der Waals surface area contributed by atoms with Crippen LogP contribution in [-0.4, -0.2) is 13.7 Å². The first kappa shape index (κ1) is 11.8. The van der Waals surface area contributed by atoms with Gasteiger partial charge in [-0.25, -0.2) is 0 Å². The zero-order valence-electron chi connectivity index (χ0n) is 9.54. The molecule has 0 heterocycles. The van der Waals surface area contributed by atoms with Crippen molar-refractivity contribution in [2.45, 2.75) is 24.6 Å². The highest BCUT2D eigenvalue weighted by Crippen LogP contribution is 2.32. The van der Waals surface area contributed by atoms with E-state index in [4.69, 9.17) is 9.47 Å². The largest absolute Gasteiger partial charge is 0.493 e. The van der Waals surface area contributed by atoms with Crippen LogP contribution in [0.4, 0.5) is 0 Å². The van der Waals surface area contributed by atoms with E-state index < -0.39 is 0 Å². The Kier molecular flexibility index (Phi) is 4.10. The third kappa shape index (κ3) is 2.70. The summed E-state index contributed by atoms with van der Waals surface area (Å²) in [6.07, 6.45) is 3.97.